The maximum atomic E-state index is 5.14. The summed E-state index contributed by atoms with van der Waals surface area (Å²) in [4.78, 5) is 0. The number of hydrogen-bond donors (Lipinski definition) is 1. The highest BCUT2D eigenvalue weighted by atomic mass is 14.5. The van der Waals surface area contributed by atoms with Crippen molar-refractivity contribution in [3.8, 4) is 0 Å². The van der Waals surface area contributed by atoms with E-state index in [4.69, 9.17) is 5.73 Å². The molecule has 10 heavy (non-hydrogen) atoms. The fourth-order valence-corrected chi connectivity index (χ4v) is 0.204. The topological polar surface area (TPSA) is 26.0 Å². The molecule has 0 unspecified atom stereocenters. The van der Waals surface area contributed by atoms with Crippen molar-refractivity contribution >= 4 is 0 Å². The molecule has 0 saturated heterocycles. The molecule has 1 heteroatoms. The van der Waals surface area contributed by atoms with Crippen LogP contribution in [0.4, 0.5) is 0 Å². The Morgan fingerprint density at radius 2 is 2.00 bits per heavy atom. The normalized spacial score (nSPS) is 7.50. The van der Waals surface area contributed by atoms with Crippen LogP contribution in [0.1, 0.15) is 26.7 Å². The number of allylic oxidation sites excluding steroid dienone is 2. The van der Waals surface area contributed by atoms with E-state index in [1.165, 1.54) is 12.8 Å². The van der Waals surface area contributed by atoms with E-state index in [1.807, 2.05) is 6.92 Å². The molecule has 0 spiro atoms. The van der Waals surface area contributed by atoms with Crippen LogP contribution in [0.3, 0.4) is 0 Å². The second-order valence-corrected chi connectivity index (χ2v) is 2.19. The third-order valence-corrected chi connectivity index (χ3v) is 0.906. The average Bonchev–Trinajstić information content (AvgIpc) is 1.91. The van der Waals surface area contributed by atoms with Crippen molar-refractivity contribution in [2.24, 2.45) is 5.73 Å². The Bertz CT molecular complexity index is 82.7. The number of hydrogen-bond acceptors (Lipinski definition) is 1. The van der Waals surface area contributed by atoms with Gasteiger partial charge >= 0.3 is 0 Å². The highest BCUT2D eigenvalue weighted by Gasteiger charge is 1.67. The van der Waals surface area contributed by atoms with Gasteiger partial charge in [0.1, 0.15) is 0 Å². The molecule has 1 nitrogen and oxygen atoms in total. The fraction of sp³-hybridized carbons (Fsp3) is 0.556. The molecule has 0 rings (SSSR count). The van der Waals surface area contributed by atoms with Crippen LogP contribution in [0.15, 0.2) is 24.8 Å². The van der Waals surface area contributed by atoms with Gasteiger partial charge in [-0.15, -0.1) is 0 Å². The van der Waals surface area contributed by atoms with Crippen LogP contribution in [-0.2, 0) is 0 Å². The Labute approximate surface area is 64.6 Å². The van der Waals surface area contributed by atoms with Crippen LogP contribution >= 0.6 is 0 Å². The van der Waals surface area contributed by atoms with Gasteiger partial charge in [-0.3, -0.25) is 0 Å². The highest BCUT2D eigenvalue weighted by molar-refractivity contribution is 5.05. The Kier molecular flexibility index (Phi) is 13.7. The molecule has 0 fully saturated rings. The van der Waals surface area contributed by atoms with E-state index >= 15 is 0 Å². The van der Waals surface area contributed by atoms with E-state index in [1.54, 1.807) is 6.08 Å². The first-order valence-corrected chi connectivity index (χ1v) is 3.67. The summed E-state index contributed by atoms with van der Waals surface area (Å²) in [5.41, 5.74) is 6.16. The molecular formula is C9H19N. The van der Waals surface area contributed by atoms with Gasteiger partial charge in [0.2, 0.25) is 0 Å². The van der Waals surface area contributed by atoms with E-state index in [0.29, 0.717) is 0 Å². The maximum absolute atomic E-state index is 5.14. The lowest BCUT2D eigenvalue weighted by Crippen LogP contribution is -1.95. The van der Waals surface area contributed by atoms with E-state index in [0.717, 1.165) is 12.1 Å². The van der Waals surface area contributed by atoms with Gasteiger partial charge in [-0.2, -0.15) is 0 Å². The fourth-order valence-electron chi connectivity index (χ4n) is 0.204. The van der Waals surface area contributed by atoms with E-state index in [9.17, 15) is 0 Å². The molecule has 2 N–H and O–H groups in total. The molecule has 0 aromatic carbocycles. The van der Waals surface area contributed by atoms with Crippen molar-refractivity contribution in [2.75, 3.05) is 6.54 Å². The summed E-state index contributed by atoms with van der Waals surface area (Å²) in [6.07, 6.45) is 4.11. The predicted octanol–water partition coefficient (Wildman–Crippen LogP) is 2.49. The van der Waals surface area contributed by atoms with Crippen molar-refractivity contribution in [3.05, 3.63) is 24.8 Å². The average molecular weight is 141 g/mol. The van der Waals surface area contributed by atoms with Gasteiger partial charge in [0.25, 0.3) is 0 Å². The molecule has 0 heterocycles. The lowest BCUT2D eigenvalue weighted by atomic mass is 10.3. The van der Waals surface area contributed by atoms with Crippen LogP contribution in [0.25, 0.3) is 0 Å². The summed E-state index contributed by atoms with van der Waals surface area (Å²) in [5.74, 6) is 0. The number of rotatable bonds is 3. The third-order valence-electron chi connectivity index (χ3n) is 0.906. The summed E-state index contributed by atoms with van der Waals surface area (Å²) < 4.78 is 0. The zero-order valence-corrected chi connectivity index (χ0v) is 7.19. The van der Waals surface area contributed by atoms with Crippen molar-refractivity contribution in [1.29, 1.82) is 0 Å². The summed E-state index contributed by atoms with van der Waals surface area (Å²) in [6, 6.07) is 0. The summed E-state index contributed by atoms with van der Waals surface area (Å²) in [6.45, 7) is 11.9. The predicted molar refractivity (Wildman–Crippen MR) is 49.0 cm³/mol. The molecule has 0 aliphatic rings. The van der Waals surface area contributed by atoms with Gasteiger partial charge in [-0.25, -0.2) is 0 Å². The third kappa shape index (κ3) is 26.1. The van der Waals surface area contributed by atoms with E-state index in [-0.39, 0.29) is 0 Å². The monoisotopic (exact) mass is 141 g/mol. The van der Waals surface area contributed by atoms with Gasteiger partial charge < -0.3 is 5.73 Å². The van der Waals surface area contributed by atoms with Gasteiger partial charge in [-0.1, -0.05) is 38.2 Å². The number of nitrogens with two attached hydrogens (primary N) is 1. The van der Waals surface area contributed by atoms with Crippen molar-refractivity contribution in [1.82, 2.24) is 0 Å². The molecule has 0 atom stereocenters. The van der Waals surface area contributed by atoms with Crippen molar-refractivity contribution in [2.45, 2.75) is 26.7 Å². The SMILES string of the molecule is C=CC(=C)C.CCCCN. The van der Waals surface area contributed by atoms with Crippen molar-refractivity contribution in [3.63, 3.8) is 0 Å². The first kappa shape index (κ1) is 12.1. The van der Waals surface area contributed by atoms with Gasteiger partial charge in [-0.05, 0) is 19.9 Å². The molecule has 0 aromatic heterocycles. The zero-order chi connectivity index (χ0) is 8.41. The smallest absolute Gasteiger partial charge is 0.00774 e. The van der Waals surface area contributed by atoms with E-state index in [2.05, 4.69) is 20.1 Å². The molecule has 0 radical (unpaired) electrons. The Morgan fingerprint density at radius 1 is 1.60 bits per heavy atom. The summed E-state index contributed by atoms with van der Waals surface area (Å²) >= 11 is 0. The van der Waals surface area contributed by atoms with Gasteiger partial charge in [0.05, 0.1) is 0 Å². The van der Waals surface area contributed by atoms with Crippen LogP contribution in [0.2, 0.25) is 0 Å². The number of unbranched alkanes of at least 4 members (excludes halogenated alkanes) is 1. The highest BCUT2D eigenvalue weighted by Crippen LogP contribution is 1.81. The maximum Gasteiger partial charge on any atom is -0.00774 e. The molecule has 0 saturated carbocycles. The van der Waals surface area contributed by atoms with Crippen LogP contribution in [0.5, 0.6) is 0 Å². The summed E-state index contributed by atoms with van der Waals surface area (Å²) in [7, 11) is 0. The van der Waals surface area contributed by atoms with Gasteiger partial charge in [0.15, 0.2) is 0 Å². The molecular weight excluding hydrogens is 122 g/mol. The van der Waals surface area contributed by atoms with Crippen LogP contribution in [0, 0.1) is 0 Å². The Hall–Kier alpha value is -0.560. The molecule has 0 amide bonds. The quantitative estimate of drug-likeness (QED) is 0.600. The van der Waals surface area contributed by atoms with E-state index < -0.39 is 0 Å². The minimum Gasteiger partial charge on any atom is -0.330 e. The van der Waals surface area contributed by atoms with Crippen LogP contribution < -0.4 is 5.73 Å². The zero-order valence-electron chi connectivity index (χ0n) is 7.19. The van der Waals surface area contributed by atoms with Gasteiger partial charge in [0, 0.05) is 0 Å². The lowest BCUT2D eigenvalue weighted by molar-refractivity contribution is 0.807. The minimum absolute atomic E-state index is 0.844. The molecule has 0 aliphatic carbocycles. The molecule has 0 bridgehead atoms. The van der Waals surface area contributed by atoms with Crippen LogP contribution in [-0.4, -0.2) is 6.54 Å². The standard InChI is InChI=1S/C5H8.C4H11N/c1-4-5(2)3;1-2-3-4-5/h4H,1-2H2,3H3;2-5H2,1H3. The Morgan fingerprint density at radius 3 is 2.00 bits per heavy atom. The first-order valence-electron chi connectivity index (χ1n) is 3.67. The minimum atomic E-state index is 0.844. The molecule has 60 valence electrons. The molecule has 0 aliphatic heterocycles. The molecule has 0 aromatic rings. The first-order chi connectivity index (χ1) is 4.68. The van der Waals surface area contributed by atoms with Crippen molar-refractivity contribution < 1.29 is 0 Å². The second kappa shape index (κ2) is 11.3. The lowest BCUT2D eigenvalue weighted by Gasteiger charge is -1.80. The second-order valence-electron chi connectivity index (χ2n) is 2.19. The largest absolute Gasteiger partial charge is 0.330 e. The Balaban J connectivity index is 0. The summed E-state index contributed by atoms with van der Waals surface area (Å²) in [5, 5.41) is 0.